The Bertz CT molecular complexity index is 808. The number of carbonyl (C=O) groups excluding carboxylic acids is 2. The number of nitro groups is 1. The maximum atomic E-state index is 12.0. The maximum Gasteiger partial charge on any atom is 0.313 e. The second-order valence-corrected chi connectivity index (χ2v) is 5.34. The van der Waals surface area contributed by atoms with Crippen molar-refractivity contribution in [2.24, 2.45) is 0 Å². The van der Waals surface area contributed by atoms with Crippen LogP contribution >= 0.6 is 11.6 Å². The summed E-state index contributed by atoms with van der Waals surface area (Å²) in [6, 6.07) is 10.4. The number of anilines is 1. The van der Waals surface area contributed by atoms with Crippen LogP contribution in [0, 0.1) is 10.1 Å². The Morgan fingerprint density at radius 3 is 2.44 bits per heavy atom. The number of hydrogen-bond donors (Lipinski definition) is 2. The molecule has 0 heterocycles. The van der Waals surface area contributed by atoms with Crippen molar-refractivity contribution in [1.29, 1.82) is 0 Å². The Morgan fingerprint density at radius 1 is 1.16 bits per heavy atom. The smallest absolute Gasteiger partial charge is 0.313 e. The highest BCUT2D eigenvalue weighted by Crippen LogP contribution is 2.28. The van der Waals surface area contributed by atoms with Gasteiger partial charge in [-0.05, 0) is 23.8 Å². The van der Waals surface area contributed by atoms with Gasteiger partial charge in [0, 0.05) is 23.7 Å². The normalized spacial score (nSPS) is 10.0. The molecule has 0 bridgehead atoms. The van der Waals surface area contributed by atoms with Crippen molar-refractivity contribution in [1.82, 2.24) is 5.32 Å². The van der Waals surface area contributed by atoms with Crippen molar-refractivity contribution in [3.05, 3.63) is 63.2 Å². The van der Waals surface area contributed by atoms with Gasteiger partial charge < -0.3 is 15.4 Å². The Morgan fingerprint density at radius 2 is 1.84 bits per heavy atom. The number of benzene rings is 2. The largest absolute Gasteiger partial charge is 0.495 e. The molecule has 9 heteroatoms. The van der Waals surface area contributed by atoms with Gasteiger partial charge in [0.1, 0.15) is 5.75 Å². The Hall–Kier alpha value is -3.13. The molecule has 0 fully saturated rings. The van der Waals surface area contributed by atoms with E-state index in [4.69, 9.17) is 16.3 Å². The molecule has 2 aromatic rings. The standard InChI is InChI=1S/C16H14ClN3O5/c1-25-14-7-6-12(20(23)24)8-13(14)19-16(22)15(21)18-9-10-2-4-11(17)5-3-10/h2-8H,9H2,1H3,(H,18,21)(H,19,22). The van der Waals surface area contributed by atoms with Gasteiger partial charge in [-0.3, -0.25) is 19.7 Å². The summed E-state index contributed by atoms with van der Waals surface area (Å²) in [4.78, 5) is 34.1. The molecule has 2 amide bonds. The molecule has 0 aliphatic heterocycles. The van der Waals surface area contributed by atoms with E-state index in [1.54, 1.807) is 24.3 Å². The molecular weight excluding hydrogens is 350 g/mol. The molecule has 2 rings (SSSR count). The number of nitro benzene ring substituents is 1. The fourth-order valence-corrected chi connectivity index (χ4v) is 2.08. The lowest BCUT2D eigenvalue weighted by Gasteiger charge is -2.10. The van der Waals surface area contributed by atoms with Crippen LogP contribution in [0.2, 0.25) is 5.02 Å². The van der Waals surface area contributed by atoms with Crippen LogP contribution < -0.4 is 15.4 Å². The molecule has 0 unspecified atom stereocenters. The summed E-state index contributed by atoms with van der Waals surface area (Å²) in [5, 5.41) is 16.1. The molecule has 0 aliphatic rings. The van der Waals surface area contributed by atoms with E-state index in [1.807, 2.05) is 0 Å². The lowest BCUT2D eigenvalue weighted by atomic mass is 10.2. The number of nitrogens with one attached hydrogen (secondary N) is 2. The lowest BCUT2D eigenvalue weighted by Crippen LogP contribution is -2.35. The molecule has 0 saturated carbocycles. The van der Waals surface area contributed by atoms with E-state index in [0.29, 0.717) is 5.02 Å². The highest BCUT2D eigenvalue weighted by atomic mass is 35.5. The van der Waals surface area contributed by atoms with E-state index in [9.17, 15) is 19.7 Å². The molecule has 0 spiro atoms. The van der Waals surface area contributed by atoms with Crippen LogP contribution in [0.25, 0.3) is 0 Å². The molecular formula is C16H14ClN3O5. The Balaban J connectivity index is 2.03. The summed E-state index contributed by atoms with van der Waals surface area (Å²) < 4.78 is 5.02. The molecule has 0 saturated heterocycles. The quantitative estimate of drug-likeness (QED) is 0.481. The molecule has 0 aromatic heterocycles. The zero-order valence-electron chi connectivity index (χ0n) is 13.1. The minimum absolute atomic E-state index is 0.0309. The second kappa shape index (κ2) is 8.11. The first-order chi connectivity index (χ1) is 11.9. The van der Waals surface area contributed by atoms with Crippen LogP contribution in [0.1, 0.15) is 5.56 Å². The molecule has 130 valence electrons. The second-order valence-electron chi connectivity index (χ2n) is 4.90. The van der Waals surface area contributed by atoms with Gasteiger partial charge in [0.25, 0.3) is 5.69 Å². The molecule has 0 atom stereocenters. The zero-order valence-corrected chi connectivity index (χ0v) is 13.9. The first-order valence-corrected chi connectivity index (χ1v) is 7.44. The molecule has 25 heavy (non-hydrogen) atoms. The van der Waals surface area contributed by atoms with Crippen LogP contribution in [-0.4, -0.2) is 23.8 Å². The number of methoxy groups -OCH3 is 1. The van der Waals surface area contributed by atoms with Crippen LogP contribution in [0.3, 0.4) is 0 Å². The minimum Gasteiger partial charge on any atom is -0.495 e. The van der Waals surface area contributed by atoms with Crippen LogP contribution in [-0.2, 0) is 16.1 Å². The van der Waals surface area contributed by atoms with Crippen molar-refractivity contribution in [2.75, 3.05) is 12.4 Å². The van der Waals surface area contributed by atoms with Gasteiger partial charge >= 0.3 is 11.8 Å². The minimum atomic E-state index is -0.965. The number of amides is 2. The van der Waals surface area contributed by atoms with Crippen molar-refractivity contribution < 1.29 is 19.2 Å². The number of rotatable bonds is 5. The summed E-state index contributed by atoms with van der Waals surface area (Å²) in [7, 11) is 1.34. The van der Waals surface area contributed by atoms with Crippen LogP contribution in [0.15, 0.2) is 42.5 Å². The predicted octanol–water partition coefficient (Wildman–Crippen LogP) is 2.51. The third kappa shape index (κ3) is 4.92. The van der Waals surface area contributed by atoms with Crippen molar-refractivity contribution in [2.45, 2.75) is 6.54 Å². The number of hydrogen-bond acceptors (Lipinski definition) is 5. The van der Waals surface area contributed by atoms with Crippen molar-refractivity contribution >= 4 is 34.8 Å². The van der Waals surface area contributed by atoms with Gasteiger partial charge in [-0.15, -0.1) is 0 Å². The number of halogens is 1. The first kappa shape index (κ1) is 18.2. The lowest BCUT2D eigenvalue weighted by molar-refractivity contribution is -0.384. The fourth-order valence-electron chi connectivity index (χ4n) is 1.95. The third-order valence-electron chi connectivity index (χ3n) is 3.21. The topological polar surface area (TPSA) is 111 Å². The van der Waals surface area contributed by atoms with Crippen LogP contribution in [0.4, 0.5) is 11.4 Å². The van der Waals surface area contributed by atoms with E-state index in [0.717, 1.165) is 11.6 Å². The summed E-state index contributed by atoms with van der Waals surface area (Å²) >= 11 is 5.77. The van der Waals surface area contributed by atoms with Gasteiger partial charge in [0.05, 0.1) is 17.7 Å². The van der Waals surface area contributed by atoms with E-state index >= 15 is 0 Å². The molecule has 8 nitrogen and oxygen atoms in total. The van der Waals surface area contributed by atoms with Gasteiger partial charge in [-0.25, -0.2) is 0 Å². The van der Waals surface area contributed by atoms with E-state index < -0.39 is 16.7 Å². The average molecular weight is 364 g/mol. The zero-order chi connectivity index (χ0) is 18.4. The Labute approximate surface area is 147 Å². The molecule has 0 aliphatic carbocycles. The van der Waals surface area contributed by atoms with Gasteiger partial charge in [0.15, 0.2) is 0 Å². The SMILES string of the molecule is COc1ccc([N+](=O)[O-])cc1NC(=O)C(=O)NCc1ccc(Cl)cc1. The third-order valence-corrected chi connectivity index (χ3v) is 3.47. The molecule has 0 radical (unpaired) electrons. The van der Waals surface area contributed by atoms with E-state index in [1.165, 1.54) is 19.2 Å². The summed E-state index contributed by atoms with van der Waals surface area (Å²) in [6.07, 6.45) is 0. The first-order valence-electron chi connectivity index (χ1n) is 7.06. The highest BCUT2D eigenvalue weighted by molar-refractivity contribution is 6.39. The van der Waals surface area contributed by atoms with Crippen LogP contribution in [0.5, 0.6) is 5.75 Å². The average Bonchev–Trinajstić information content (AvgIpc) is 2.60. The summed E-state index contributed by atoms with van der Waals surface area (Å²) in [5.74, 6) is -1.65. The maximum absolute atomic E-state index is 12.0. The Kier molecular flexibility index (Phi) is 5.91. The monoisotopic (exact) mass is 363 g/mol. The van der Waals surface area contributed by atoms with E-state index in [-0.39, 0.29) is 23.7 Å². The van der Waals surface area contributed by atoms with Gasteiger partial charge in [0.2, 0.25) is 0 Å². The number of non-ortho nitro benzene ring substituents is 1. The highest BCUT2D eigenvalue weighted by Gasteiger charge is 2.18. The summed E-state index contributed by atoms with van der Waals surface area (Å²) in [6.45, 7) is 0.134. The molecule has 2 aromatic carbocycles. The summed E-state index contributed by atoms with van der Waals surface area (Å²) in [5.41, 5.74) is 0.555. The van der Waals surface area contributed by atoms with Crippen molar-refractivity contribution in [3.63, 3.8) is 0 Å². The fraction of sp³-hybridized carbons (Fsp3) is 0.125. The van der Waals surface area contributed by atoms with Gasteiger partial charge in [-0.2, -0.15) is 0 Å². The molecule has 2 N–H and O–H groups in total. The number of ether oxygens (including phenoxy) is 1. The number of nitrogens with zero attached hydrogens (tertiary/aromatic N) is 1. The van der Waals surface area contributed by atoms with E-state index in [2.05, 4.69) is 10.6 Å². The van der Waals surface area contributed by atoms with Crippen molar-refractivity contribution in [3.8, 4) is 5.75 Å². The van der Waals surface area contributed by atoms with Gasteiger partial charge in [-0.1, -0.05) is 23.7 Å². The predicted molar refractivity (Wildman–Crippen MR) is 91.6 cm³/mol. The number of carbonyl (C=O) groups is 2.